The average Bonchev–Trinajstić information content (AvgIpc) is 2.47. The molecule has 20 heavy (non-hydrogen) atoms. The summed E-state index contributed by atoms with van der Waals surface area (Å²) in [7, 11) is 1.59. The SMILES string of the molecule is CCCCN(CC)CCC(O)c1ccc(OC)c(N)c1. The highest BCUT2D eigenvalue weighted by Gasteiger charge is 2.11. The second-order valence-electron chi connectivity index (χ2n) is 5.09. The molecule has 114 valence electrons. The number of ether oxygens (including phenoxy) is 1. The van der Waals surface area contributed by atoms with Crippen LogP contribution in [0.4, 0.5) is 5.69 Å². The molecule has 0 spiro atoms. The van der Waals surface area contributed by atoms with Crippen LogP contribution < -0.4 is 10.5 Å². The lowest BCUT2D eigenvalue weighted by molar-refractivity contribution is 0.143. The first-order chi connectivity index (χ1) is 9.62. The van der Waals surface area contributed by atoms with Gasteiger partial charge in [-0.15, -0.1) is 0 Å². The summed E-state index contributed by atoms with van der Waals surface area (Å²) in [4.78, 5) is 2.37. The van der Waals surface area contributed by atoms with Gasteiger partial charge in [-0.2, -0.15) is 0 Å². The van der Waals surface area contributed by atoms with Crippen molar-refractivity contribution in [3.05, 3.63) is 23.8 Å². The number of hydrogen-bond acceptors (Lipinski definition) is 4. The molecule has 4 heteroatoms. The van der Waals surface area contributed by atoms with Crippen molar-refractivity contribution < 1.29 is 9.84 Å². The highest BCUT2D eigenvalue weighted by molar-refractivity contribution is 5.54. The van der Waals surface area contributed by atoms with Crippen molar-refractivity contribution in [2.45, 2.75) is 39.2 Å². The number of anilines is 1. The van der Waals surface area contributed by atoms with Gasteiger partial charge in [0.25, 0.3) is 0 Å². The van der Waals surface area contributed by atoms with E-state index in [9.17, 15) is 5.11 Å². The molecule has 0 saturated heterocycles. The van der Waals surface area contributed by atoms with Crippen molar-refractivity contribution in [3.8, 4) is 5.75 Å². The van der Waals surface area contributed by atoms with E-state index in [1.807, 2.05) is 12.1 Å². The van der Waals surface area contributed by atoms with Crippen molar-refractivity contribution >= 4 is 5.69 Å². The molecule has 0 fully saturated rings. The first-order valence-corrected chi connectivity index (χ1v) is 7.46. The van der Waals surface area contributed by atoms with E-state index in [-0.39, 0.29) is 0 Å². The fourth-order valence-corrected chi connectivity index (χ4v) is 2.24. The minimum Gasteiger partial charge on any atom is -0.495 e. The number of unbranched alkanes of at least 4 members (excludes halogenated alkanes) is 1. The highest BCUT2D eigenvalue weighted by atomic mass is 16.5. The summed E-state index contributed by atoms with van der Waals surface area (Å²) in [6.07, 6.45) is 2.66. The van der Waals surface area contributed by atoms with Crippen molar-refractivity contribution in [1.29, 1.82) is 0 Å². The van der Waals surface area contributed by atoms with Crippen LogP contribution in [0.25, 0.3) is 0 Å². The topological polar surface area (TPSA) is 58.7 Å². The molecule has 0 saturated carbocycles. The third-order valence-electron chi connectivity index (χ3n) is 3.63. The van der Waals surface area contributed by atoms with Gasteiger partial charge in [-0.1, -0.05) is 26.3 Å². The molecule has 1 unspecified atom stereocenters. The molecule has 1 aromatic carbocycles. The van der Waals surface area contributed by atoms with Crippen molar-refractivity contribution in [1.82, 2.24) is 4.90 Å². The van der Waals surface area contributed by atoms with Crippen molar-refractivity contribution in [2.24, 2.45) is 0 Å². The molecule has 0 radical (unpaired) electrons. The number of methoxy groups -OCH3 is 1. The molecule has 0 aliphatic rings. The van der Waals surface area contributed by atoms with Gasteiger partial charge in [0, 0.05) is 6.54 Å². The zero-order valence-electron chi connectivity index (χ0n) is 12.9. The van der Waals surface area contributed by atoms with Crippen LogP contribution in [0.1, 0.15) is 44.8 Å². The lowest BCUT2D eigenvalue weighted by Crippen LogP contribution is -2.26. The Morgan fingerprint density at radius 1 is 1.30 bits per heavy atom. The molecular formula is C16H28N2O2. The van der Waals surface area contributed by atoms with Gasteiger partial charge in [0.2, 0.25) is 0 Å². The lowest BCUT2D eigenvalue weighted by atomic mass is 10.1. The zero-order chi connectivity index (χ0) is 15.0. The van der Waals surface area contributed by atoms with Gasteiger partial charge in [0.1, 0.15) is 5.75 Å². The van der Waals surface area contributed by atoms with Gasteiger partial charge in [-0.3, -0.25) is 0 Å². The molecule has 0 bridgehead atoms. The molecular weight excluding hydrogens is 252 g/mol. The largest absolute Gasteiger partial charge is 0.495 e. The maximum absolute atomic E-state index is 10.3. The van der Waals surface area contributed by atoms with E-state index in [1.165, 1.54) is 12.8 Å². The van der Waals surface area contributed by atoms with E-state index < -0.39 is 6.10 Å². The van der Waals surface area contributed by atoms with Crippen LogP contribution in [-0.4, -0.2) is 36.8 Å². The zero-order valence-corrected chi connectivity index (χ0v) is 12.9. The third kappa shape index (κ3) is 5.02. The molecule has 4 nitrogen and oxygen atoms in total. The normalized spacial score (nSPS) is 12.7. The maximum Gasteiger partial charge on any atom is 0.141 e. The summed E-state index contributed by atoms with van der Waals surface area (Å²) in [6, 6.07) is 5.48. The van der Waals surface area contributed by atoms with Gasteiger partial charge in [-0.25, -0.2) is 0 Å². The summed E-state index contributed by atoms with van der Waals surface area (Å²) in [5.41, 5.74) is 7.30. The maximum atomic E-state index is 10.3. The van der Waals surface area contributed by atoms with Gasteiger partial charge >= 0.3 is 0 Å². The van der Waals surface area contributed by atoms with Crippen LogP contribution in [0.2, 0.25) is 0 Å². The monoisotopic (exact) mass is 280 g/mol. The van der Waals surface area contributed by atoms with Gasteiger partial charge < -0.3 is 20.5 Å². The molecule has 0 amide bonds. The number of nitrogens with zero attached hydrogens (tertiary/aromatic N) is 1. The number of nitrogen functional groups attached to an aromatic ring is 1. The van der Waals surface area contributed by atoms with E-state index in [2.05, 4.69) is 18.7 Å². The molecule has 0 heterocycles. The number of aliphatic hydroxyl groups excluding tert-OH is 1. The summed E-state index contributed by atoms with van der Waals surface area (Å²) in [5.74, 6) is 0.652. The van der Waals surface area contributed by atoms with E-state index in [1.54, 1.807) is 13.2 Å². The molecule has 1 aromatic rings. The van der Waals surface area contributed by atoms with Crippen LogP contribution in [0.15, 0.2) is 18.2 Å². The molecule has 0 aromatic heterocycles. The van der Waals surface area contributed by atoms with Crippen molar-refractivity contribution in [3.63, 3.8) is 0 Å². The molecule has 0 aliphatic carbocycles. The fourth-order valence-electron chi connectivity index (χ4n) is 2.24. The molecule has 1 rings (SSSR count). The fraction of sp³-hybridized carbons (Fsp3) is 0.625. The molecule has 3 N–H and O–H groups in total. The first-order valence-electron chi connectivity index (χ1n) is 7.46. The van der Waals surface area contributed by atoms with Gasteiger partial charge in [-0.05, 0) is 43.6 Å². The number of nitrogens with two attached hydrogens (primary N) is 1. The van der Waals surface area contributed by atoms with E-state index in [0.29, 0.717) is 11.4 Å². The first kappa shape index (κ1) is 16.8. The predicted octanol–water partition coefficient (Wildman–Crippen LogP) is 2.82. The third-order valence-corrected chi connectivity index (χ3v) is 3.63. The van der Waals surface area contributed by atoms with Crippen molar-refractivity contribution in [2.75, 3.05) is 32.5 Å². The Morgan fingerprint density at radius 2 is 2.05 bits per heavy atom. The average molecular weight is 280 g/mol. The highest BCUT2D eigenvalue weighted by Crippen LogP contribution is 2.26. The minimum atomic E-state index is -0.473. The van der Waals surface area contributed by atoms with E-state index in [0.717, 1.165) is 31.6 Å². The summed E-state index contributed by atoms with van der Waals surface area (Å²) < 4.78 is 5.12. The Labute approximate surface area is 122 Å². The summed E-state index contributed by atoms with van der Waals surface area (Å²) in [6.45, 7) is 7.39. The Balaban J connectivity index is 2.53. The van der Waals surface area contributed by atoms with Crippen LogP contribution in [0.3, 0.4) is 0 Å². The number of aliphatic hydroxyl groups is 1. The Kier molecular flexibility index (Phi) is 7.41. The second-order valence-corrected chi connectivity index (χ2v) is 5.09. The smallest absolute Gasteiger partial charge is 0.141 e. The van der Waals surface area contributed by atoms with E-state index >= 15 is 0 Å². The number of rotatable bonds is 9. The predicted molar refractivity (Wildman–Crippen MR) is 84.0 cm³/mol. The quantitative estimate of drug-likeness (QED) is 0.683. The molecule has 1 atom stereocenters. The Bertz CT molecular complexity index is 396. The van der Waals surface area contributed by atoms with E-state index in [4.69, 9.17) is 10.5 Å². The number of benzene rings is 1. The standard InChI is InChI=1S/C16H28N2O2/c1-4-6-10-18(5-2)11-9-15(19)13-7-8-16(20-3)14(17)12-13/h7-8,12,15,19H,4-6,9-11,17H2,1-3H3. The van der Waals surface area contributed by atoms with Crippen LogP contribution in [0.5, 0.6) is 5.75 Å². The molecule has 0 aliphatic heterocycles. The van der Waals surface area contributed by atoms with Crippen LogP contribution in [-0.2, 0) is 0 Å². The van der Waals surface area contributed by atoms with Gasteiger partial charge in [0.15, 0.2) is 0 Å². The van der Waals surface area contributed by atoms with Gasteiger partial charge in [0.05, 0.1) is 18.9 Å². The second kappa shape index (κ2) is 8.82. The van der Waals surface area contributed by atoms with Crippen LogP contribution in [0, 0.1) is 0 Å². The summed E-state index contributed by atoms with van der Waals surface area (Å²) in [5, 5.41) is 10.3. The van der Waals surface area contributed by atoms with Crippen LogP contribution >= 0.6 is 0 Å². The minimum absolute atomic E-state index is 0.473. The Morgan fingerprint density at radius 3 is 2.60 bits per heavy atom. The lowest BCUT2D eigenvalue weighted by Gasteiger charge is -2.22. The Hall–Kier alpha value is -1.26. The summed E-state index contributed by atoms with van der Waals surface area (Å²) >= 11 is 0. The number of hydrogen-bond donors (Lipinski definition) is 2.